The lowest BCUT2D eigenvalue weighted by atomic mass is 9.98. The summed E-state index contributed by atoms with van der Waals surface area (Å²) >= 11 is 0. The van der Waals surface area contributed by atoms with Crippen molar-refractivity contribution in [1.29, 1.82) is 0 Å². The van der Waals surface area contributed by atoms with E-state index in [1.54, 1.807) is 13.8 Å². The Balaban J connectivity index is 1.59. The molecule has 2 atom stereocenters. The Bertz CT molecular complexity index is 958. The topological polar surface area (TPSA) is 105 Å². The van der Waals surface area contributed by atoms with Crippen molar-refractivity contribution < 1.29 is 24.2 Å². The predicted molar refractivity (Wildman–Crippen MR) is 126 cm³/mol. The Morgan fingerprint density at radius 1 is 0.970 bits per heavy atom. The van der Waals surface area contributed by atoms with E-state index in [-0.39, 0.29) is 24.9 Å². The van der Waals surface area contributed by atoms with Crippen LogP contribution in [-0.2, 0) is 14.3 Å². The lowest BCUT2D eigenvalue weighted by molar-refractivity contribution is -0.143. The van der Waals surface area contributed by atoms with Crippen molar-refractivity contribution in [3.8, 4) is 11.1 Å². The van der Waals surface area contributed by atoms with Crippen molar-refractivity contribution in [2.24, 2.45) is 5.92 Å². The van der Waals surface area contributed by atoms with E-state index in [9.17, 15) is 19.5 Å². The van der Waals surface area contributed by atoms with Crippen LogP contribution in [0.25, 0.3) is 11.1 Å². The van der Waals surface area contributed by atoms with E-state index in [1.807, 2.05) is 31.2 Å². The van der Waals surface area contributed by atoms with Gasteiger partial charge in [0.1, 0.15) is 12.6 Å². The molecule has 0 saturated carbocycles. The van der Waals surface area contributed by atoms with Gasteiger partial charge in [-0.1, -0.05) is 75.7 Å². The fourth-order valence-electron chi connectivity index (χ4n) is 4.35. The van der Waals surface area contributed by atoms with Crippen molar-refractivity contribution in [1.82, 2.24) is 10.6 Å². The number of carboxylic acids is 1. The number of rotatable bonds is 10. The predicted octanol–water partition coefficient (Wildman–Crippen LogP) is 4.31. The third-order valence-electron chi connectivity index (χ3n) is 5.98. The number of carboxylic acid groups (broad SMARTS) is 1. The third-order valence-corrected chi connectivity index (χ3v) is 5.98. The molecule has 0 heterocycles. The lowest BCUT2D eigenvalue weighted by Gasteiger charge is -2.22. The maximum Gasteiger partial charge on any atom is 0.407 e. The van der Waals surface area contributed by atoms with E-state index in [4.69, 9.17) is 4.74 Å². The highest BCUT2D eigenvalue weighted by Crippen LogP contribution is 2.44. The smallest absolute Gasteiger partial charge is 0.407 e. The molecule has 3 rings (SSSR count). The van der Waals surface area contributed by atoms with Crippen molar-refractivity contribution in [2.75, 3.05) is 6.61 Å². The zero-order valence-corrected chi connectivity index (χ0v) is 19.3. The Hall–Kier alpha value is -3.35. The molecule has 2 amide bonds. The number of nitrogens with one attached hydrogen (secondary N) is 2. The Labute approximate surface area is 194 Å². The van der Waals surface area contributed by atoms with E-state index in [0.29, 0.717) is 6.42 Å². The molecule has 176 valence electrons. The number of ether oxygens (including phenoxy) is 1. The summed E-state index contributed by atoms with van der Waals surface area (Å²) in [7, 11) is 0. The molecule has 0 bridgehead atoms. The van der Waals surface area contributed by atoms with Gasteiger partial charge in [-0.2, -0.15) is 0 Å². The normalized spacial score (nSPS) is 14.2. The van der Waals surface area contributed by atoms with Crippen molar-refractivity contribution >= 4 is 18.0 Å². The van der Waals surface area contributed by atoms with Gasteiger partial charge in [0.2, 0.25) is 5.91 Å². The molecule has 1 aliphatic carbocycles. The highest BCUT2D eigenvalue weighted by Gasteiger charge is 2.30. The van der Waals surface area contributed by atoms with Crippen LogP contribution in [-0.4, -0.2) is 41.8 Å². The Morgan fingerprint density at radius 3 is 2.06 bits per heavy atom. The number of carbonyl (C=O) groups is 3. The molecule has 7 nitrogen and oxygen atoms in total. The number of hydrogen-bond acceptors (Lipinski definition) is 4. The van der Waals surface area contributed by atoms with E-state index >= 15 is 0 Å². The van der Waals surface area contributed by atoms with Gasteiger partial charge in [0.05, 0.1) is 0 Å². The quantitative estimate of drug-likeness (QED) is 0.498. The summed E-state index contributed by atoms with van der Waals surface area (Å²) in [5.41, 5.74) is 4.57. The monoisotopic (exact) mass is 452 g/mol. The van der Waals surface area contributed by atoms with Gasteiger partial charge in [0.25, 0.3) is 0 Å². The molecule has 1 aliphatic rings. The number of hydrogen-bond donors (Lipinski definition) is 3. The number of benzene rings is 2. The first-order valence-corrected chi connectivity index (χ1v) is 11.5. The zero-order chi connectivity index (χ0) is 24.0. The molecule has 2 aromatic rings. The maximum atomic E-state index is 12.6. The van der Waals surface area contributed by atoms with Crippen LogP contribution in [0.5, 0.6) is 0 Å². The van der Waals surface area contributed by atoms with E-state index in [1.165, 1.54) is 0 Å². The summed E-state index contributed by atoms with van der Waals surface area (Å²) in [6.45, 7) is 5.62. The second-order valence-corrected chi connectivity index (χ2v) is 8.79. The van der Waals surface area contributed by atoms with Crippen LogP contribution in [0.1, 0.15) is 57.1 Å². The lowest BCUT2D eigenvalue weighted by Crippen LogP contribution is -2.47. The zero-order valence-electron chi connectivity index (χ0n) is 19.3. The number of aliphatic carboxylic acids is 1. The van der Waals surface area contributed by atoms with Crippen LogP contribution in [0.3, 0.4) is 0 Å². The fraction of sp³-hybridized carbons (Fsp3) is 0.423. The van der Waals surface area contributed by atoms with E-state index in [0.717, 1.165) is 28.7 Å². The van der Waals surface area contributed by atoms with Gasteiger partial charge >= 0.3 is 12.1 Å². The second kappa shape index (κ2) is 11.0. The van der Waals surface area contributed by atoms with Crippen molar-refractivity contribution in [2.45, 2.75) is 58.0 Å². The molecule has 2 aromatic carbocycles. The highest BCUT2D eigenvalue weighted by molar-refractivity contribution is 5.84. The molecule has 3 N–H and O–H groups in total. The fourth-order valence-corrected chi connectivity index (χ4v) is 4.35. The minimum absolute atomic E-state index is 0.00542. The van der Waals surface area contributed by atoms with Gasteiger partial charge in [0, 0.05) is 18.4 Å². The molecule has 1 unspecified atom stereocenters. The summed E-state index contributed by atoms with van der Waals surface area (Å²) < 4.78 is 5.58. The van der Waals surface area contributed by atoms with Crippen LogP contribution < -0.4 is 10.6 Å². The van der Waals surface area contributed by atoms with Gasteiger partial charge in [-0.05, 0) is 34.6 Å². The van der Waals surface area contributed by atoms with Crippen molar-refractivity contribution in [3.63, 3.8) is 0 Å². The van der Waals surface area contributed by atoms with E-state index < -0.39 is 30.1 Å². The largest absolute Gasteiger partial charge is 0.480 e. The average molecular weight is 453 g/mol. The second-order valence-electron chi connectivity index (χ2n) is 8.79. The molecule has 0 fully saturated rings. The molecule has 0 spiro atoms. The van der Waals surface area contributed by atoms with Crippen molar-refractivity contribution in [3.05, 3.63) is 59.7 Å². The molecule has 7 heteroatoms. The molecule has 0 aromatic heterocycles. The van der Waals surface area contributed by atoms with Crippen LogP contribution >= 0.6 is 0 Å². The van der Waals surface area contributed by atoms with Gasteiger partial charge in [-0.3, -0.25) is 4.79 Å². The van der Waals surface area contributed by atoms with Gasteiger partial charge in [-0.15, -0.1) is 0 Å². The number of alkyl carbamates (subject to hydrolysis) is 1. The molecule has 0 radical (unpaired) electrons. The number of amides is 2. The first kappa shape index (κ1) is 24.3. The summed E-state index contributed by atoms with van der Waals surface area (Å²) in [6, 6.07) is 14.8. The third kappa shape index (κ3) is 5.92. The summed E-state index contributed by atoms with van der Waals surface area (Å²) in [5.74, 6) is -1.77. The van der Waals surface area contributed by atoms with Crippen LogP contribution in [0.4, 0.5) is 4.79 Å². The first-order valence-electron chi connectivity index (χ1n) is 11.5. The SMILES string of the molecule is CCC[C@@H](CC(=O)NC(C(=O)O)C(C)C)NC(=O)OCC1c2ccccc2-c2ccccc21. The van der Waals surface area contributed by atoms with Gasteiger partial charge in [0.15, 0.2) is 0 Å². The van der Waals surface area contributed by atoms with Crippen LogP contribution in [0, 0.1) is 5.92 Å². The summed E-state index contributed by atoms with van der Waals surface area (Å²) in [6.07, 6.45) is 0.751. The molecular weight excluding hydrogens is 420 g/mol. The van der Waals surface area contributed by atoms with Crippen LogP contribution in [0.2, 0.25) is 0 Å². The molecular formula is C26H32N2O5. The van der Waals surface area contributed by atoms with E-state index in [2.05, 4.69) is 34.9 Å². The summed E-state index contributed by atoms with van der Waals surface area (Å²) in [4.78, 5) is 36.3. The summed E-state index contributed by atoms with van der Waals surface area (Å²) in [5, 5.41) is 14.6. The molecule has 0 saturated heterocycles. The average Bonchev–Trinajstić information content (AvgIpc) is 3.09. The van der Waals surface area contributed by atoms with Crippen LogP contribution in [0.15, 0.2) is 48.5 Å². The Kier molecular flexibility index (Phi) is 8.09. The minimum Gasteiger partial charge on any atom is -0.480 e. The first-order chi connectivity index (χ1) is 15.8. The van der Waals surface area contributed by atoms with Gasteiger partial charge in [-0.25, -0.2) is 9.59 Å². The van der Waals surface area contributed by atoms with Gasteiger partial charge < -0.3 is 20.5 Å². The maximum absolute atomic E-state index is 12.6. The number of fused-ring (bicyclic) bond motifs is 3. The molecule has 0 aliphatic heterocycles. The highest BCUT2D eigenvalue weighted by atomic mass is 16.5. The standard InChI is InChI=1S/C26H32N2O5/c1-4-9-17(14-23(29)28-24(16(2)3)25(30)31)27-26(32)33-15-22-20-12-7-5-10-18(20)19-11-6-8-13-21(19)22/h5-8,10-13,16-17,22,24H,4,9,14-15H2,1-3H3,(H,27,32)(H,28,29)(H,30,31)/t17-,24?/m0/s1. The molecule has 33 heavy (non-hydrogen) atoms. The number of carbonyl (C=O) groups excluding carboxylic acids is 2. The Morgan fingerprint density at radius 2 is 1.55 bits per heavy atom. The minimum atomic E-state index is -1.07.